The van der Waals surface area contributed by atoms with E-state index in [1.54, 1.807) is 10.7 Å². The fourth-order valence-electron chi connectivity index (χ4n) is 2.14. The van der Waals surface area contributed by atoms with Gasteiger partial charge in [0.05, 0.1) is 29.4 Å². The highest BCUT2D eigenvalue weighted by Gasteiger charge is 2.12. The quantitative estimate of drug-likeness (QED) is 0.701. The molecular formula is C15H10FN3. The molecule has 0 aliphatic heterocycles. The average molecular weight is 251 g/mol. The molecule has 19 heavy (non-hydrogen) atoms. The zero-order valence-corrected chi connectivity index (χ0v) is 10.0. The van der Waals surface area contributed by atoms with Crippen LogP contribution in [0.25, 0.3) is 16.6 Å². The van der Waals surface area contributed by atoms with E-state index in [-0.39, 0.29) is 12.2 Å². The Morgan fingerprint density at radius 3 is 2.68 bits per heavy atom. The van der Waals surface area contributed by atoms with Crippen LogP contribution in [0.1, 0.15) is 5.69 Å². The van der Waals surface area contributed by atoms with Crippen molar-refractivity contribution >= 4 is 10.9 Å². The molecular weight excluding hydrogens is 241 g/mol. The molecule has 1 heterocycles. The molecule has 0 unspecified atom stereocenters. The molecule has 0 spiro atoms. The molecule has 2 aromatic carbocycles. The van der Waals surface area contributed by atoms with Crippen molar-refractivity contribution in [2.45, 2.75) is 6.42 Å². The van der Waals surface area contributed by atoms with Crippen molar-refractivity contribution in [3.8, 4) is 11.8 Å². The molecule has 0 saturated heterocycles. The molecule has 1 aromatic heterocycles. The van der Waals surface area contributed by atoms with Crippen molar-refractivity contribution in [1.29, 1.82) is 5.26 Å². The van der Waals surface area contributed by atoms with Gasteiger partial charge in [-0.15, -0.1) is 0 Å². The predicted molar refractivity (Wildman–Crippen MR) is 70.3 cm³/mol. The Balaban J connectivity index is 2.29. The second kappa shape index (κ2) is 4.54. The SMILES string of the molecule is N#CCc1c2ccc(F)cc2nn1-c1ccccc1. The maximum atomic E-state index is 13.3. The van der Waals surface area contributed by atoms with E-state index < -0.39 is 0 Å². The van der Waals surface area contributed by atoms with E-state index in [1.165, 1.54) is 12.1 Å². The summed E-state index contributed by atoms with van der Waals surface area (Å²) in [5.41, 5.74) is 2.21. The van der Waals surface area contributed by atoms with Gasteiger partial charge in [0.25, 0.3) is 0 Å². The summed E-state index contributed by atoms with van der Waals surface area (Å²) >= 11 is 0. The number of hydrogen-bond donors (Lipinski definition) is 0. The van der Waals surface area contributed by atoms with Crippen LogP contribution in [0, 0.1) is 17.1 Å². The molecule has 0 amide bonds. The number of fused-ring (bicyclic) bond motifs is 1. The Labute approximate surface area is 109 Å². The predicted octanol–water partition coefficient (Wildman–Crippen LogP) is 3.23. The van der Waals surface area contributed by atoms with Crippen LogP contribution in [0.5, 0.6) is 0 Å². The number of halogens is 1. The number of benzene rings is 2. The Hall–Kier alpha value is -2.67. The maximum Gasteiger partial charge on any atom is 0.125 e. The topological polar surface area (TPSA) is 41.6 Å². The summed E-state index contributed by atoms with van der Waals surface area (Å²) in [6.45, 7) is 0. The highest BCUT2D eigenvalue weighted by atomic mass is 19.1. The van der Waals surface area contributed by atoms with Gasteiger partial charge in [-0.2, -0.15) is 10.4 Å². The Morgan fingerprint density at radius 1 is 1.16 bits per heavy atom. The van der Waals surface area contributed by atoms with Crippen LogP contribution in [0.15, 0.2) is 48.5 Å². The zero-order chi connectivity index (χ0) is 13.2. The molecule has 0 saturated carbocycles. The lowest BCUT2D eigenvalue weighted by atomic mass is 10.1. The van der Waals surface area contributed by atoms with E-state index in [1.807, 2.05) is 30.3 Å². The van der Waals surface area contributed by atoms with Crippen LogP contribution < -0.4 is 0 Å². The second-order valence-electron chi connectivity index (χ2n) is 4.19. The van der Waals surface area contributed by atoms with Gasteiger partial charge in [-0.05, 0) is 24.3 Å². The molecule has 3 nitrogen and oxygen atoms in total. The number of para-hydroxylation sites is 1. The van der Waals surface area contributed by atoms with Crippen molar-refractivity contribution in [3.63, 3.8) is 0 Å². The first-order chi connectivity index (χ1) is 9.29. The van der Waals surface area contributed by atoms with Crippen LogP contribution in [-0.4, -0.2) is 9.78 Å². The largest absolute Gasteiger partial charge is 0.236 e. The lowest BCUT2D eigenvalue weighted by Crippen LogP contribution is -2.01. The molecule has 0 aliphatic carbocycles. The molecule has 4 heteroatoms. The van der Waals surface area contributed by atoms with Crippen LogP contribution in [-0.2, 0) is 6.42 Å². The van der Waals surface area contributed by atoms with E-state index in [0.29, 0.717) is 5.52 Å². The molecule has 0 radical (unpaired) electrons. The molecule has 92 valence electrons. The third kappa shape index (κ3) is 1.95. The van der Waals surface area contributed by atoms with Gasteiger partial charge in [0.15, 0.2) is 0 Å². The van der Waals surface area contributed by atoms with Crippen LogP contribution >= 0.6 is 0 Å². The smallest absolute Gasteiger partial charge is 0.125 e. The van der Waals surface area contributed by atoms with Crippen LogP contribution in [0.2, 0.25) is 0 Å². The first-order valence-electron chi connectivity index (χ1n) is 5.89. The number of hydrogen-bond acceptors (Lipinski definition) is 2. The highest BCUT2D eigenvalue weighted by molar-refractivity contribution is 5.82. The summed E-state index contributed by atoms with van der Waals surface area (Å²) in [4.78, 5) is 0. The van der Waals surface area contributed by atoms with Gasteiger partial charge in [-0.3, -0.25) is 0 Å². The summed E-state index contributed by atoms with van der Waals surface area (Å²) in [5, 5.41) is 14.2. The van der Waals surface area contributed by atoms with Crippen molar-refractivity contribution in [1.82, 2.24) is 9.78 Å². The first-order valence-corrected chi connectivity index (χ1v) is 5.89. The Kier molecular flexibility index (Phi) is 2.73. The Morgan fingerprint density at radius 2 is 1.95 bits per heavy atom. The summed E-state index contributed by atoms with van der Waals surface area (Å²) in [5.74, 6) is -0.325. The van der Waals surface area contributed by atoms with Gasteiger partial charge in [0, 0.05) is 11.5 Å². The average Bonchev–Trinajstić information content (AvgIpc) is 2.78. The van der Waals surface area contributed by atoms with Crippen LogP contribution in [0.4, 0.5) is 4.39 Å². The summed E-state index contributed by atoms with van der Waals surface area (Å²) in [6.07, 6.45) is 0.233. The van der Waals surface area contributed by atoms with Crippen molar-refractivity contribution < 1.29 is 4.39 Å². The zero-order valence-electron chi connectivity index (χ0n) is 10.0. The highest BCUT2D eigenvalue weighted by Crippen LogP contribution is 2.23. The monoisotopic (exact) mass is 251 g/mol. The van der Waals surface area contributed by atoms with Gasteiger partial charge in [0.2, 0.25) is 0 Å². The molecule has 0 atom stereocenters. The third-order valence-corrected chi connectivity index (χ3v) is 2.98. The molecule has 3 aromatic rings. The van der Waals surface area contributed by atoms with Crippen molar-refractivity contribution in [3.05, 3.63) is 60.0 Å². The fourth-order valence-corrected chi connectivity index (χ4v) is 2.14. The van der Waals surface area contributed by atoms with E-state index in [9.17, 15) is 4.39 Å². The van der Waals surface area contributed by atoms with E-state index >= 15 is 0 Å². The second-order valence-corrected chi connectivity index (χ2v) is 4.19. The number of aromatic nitrogens is 2. The minimum atomic E-state index is -0.325. The van der Waals surface area contributed by atoms with Crippen LogP contribution in [0.3, 0.4) is 0 Å². The lowest BCUT2D eigenvalue weighted by molar-refractivity contribution is 0.629. The van der Waals surface area contributed by atoms with Gasteiger partial charge in [-0.25, -0.2) is 9.07 Å². The van der Waals surface area contributed by atoms with Gasteiger partial charge >= 0.3 is 0 Å². The minimum Gasteiger partial charge on any atom is -0.236 e. The summed E-state index contributed by atoms with van der Waals surface area (Å²) < 4.78 is 15.0. The summed E-state index contributed by atoms with van der Waals surface area (Å²) in [6, 6.07) is 16.1. The number of rotatable bonds is 2. The maximum absolute atomic E-state index is 13.3. The van der Waals surface area contributed by atoms with E-state index in [4.69, 9.17) is 5.26 Å². The number of nitrogens with zero attached hydrogens (tertiary/aromatic N) is 3. The summed E-state index contributed by atoms with van der Waals surface area (Å²) in [7, 11) is 0. The molecule has 0 fully saturated rings. The molecule has 0 bridgehead atoms. The van der Waals surface area contributed by atoms with Gasteiger partial charge < -0.3 is 0 Å². The molecule has 0 N–H and O–H groups in total. The van der Waals surface area contributed by atoms with Crippen molar-refractivity contribution in [2.75, 3.05) is 0 Å². The lowest BCUT2D eigenvalue weighted by Gasteiger charge is -2.04. The standard InChI is InChI=1S/C15H10FN3/c16-11-6-7-13-14(10-11)18-19(15(13)8-9-17)12-4-2-1-3-5-12/h1-7,10H,8H2. The first kappa shape index (κ1) is 11.4. The molecule has 3 rings (SSSR count). The van der Waals surface area contributed by atoms with E-state index in [0.717, 1.165) is 16.8 Å². The minimum absolute atomic E-state index is 0.233. The normalized spacial score (nSPS) is 10.5. The Bertz CT molecular complexity index is 769. The fraction of sp³-hybridized carbons (Fsp3) is 0.0667. The third-order valence-electron chi connectivity index (χ3n) is 2.98. The van der Waals surface area contributed by atoms with Gasteiger partial charge in [0.1, 0.15) is 5.82 Å². The van der Waals surface area contributed by atoms with Crippen molar-refractivity contribution in [2.24, 2.45) is 0 Å². The van der Waals surface area contributed by atoms with Gasteiger partial charge in [-0.1, -0.05) is 18.2 Å². The number of nitriles is 1. The molecule has 0 aliphatic rings. The van der Waals surface area contributed by atoms with E-state index in [2.05, 4.69) is 11.2 Å².